The molecule has 156 valence electrons. The Balaban J connectivity index is 1.24. The van der Waals surface area contributed by atoms with E-state index in [1.807, 2.05) is 48.5 Å². The minimum atomic E-state index is 0.0536. The smallest absolute Gasteiger partial charge is 0.224 e. The summed E-state index contributed by atoms with van der Waals surface area (Å²) in [5.74, 6) is 0.474. The van der Waals surface area contributed by atoms with E-state index < -0.39 is 0 Å². The fraction of sp³-hybridized carbons (Fsp3) is 0.240. The Morgan fingerprint density at radius 1 is 1.10 bits per heavy atom. The monoisotopic (exact) mass is 411 g/mol. The Bertz CT molecular complexity index is 1180. The first-order valence-electron chi connectivity index (χ1n) is 10.6. The van der Waals surface area contributed by atoms with Gasteiger partial charge in [-0.3, -0.25) is 14.2 Å². The highest BCUT2D eigenvalue weighted by molar-refractivity contribution is 5.83. The van der Waals surface area contributed by atoms with Crippen molar-refractivity contribution in [2.24, 2.45) is 13.0 Å². The lowest BCUT2D eigenvalue weighted by atomic mass is 9.98. The number of amides is 1. The van der Waals surface area contributed by atoms with Crippen LogP contribution < -0.4 is 5.32 Å². The van der Waals surface area contributed by atoms with Crippen LogP contribution in [0.3, 0.4) is 0 Å². The van der Waals surface area contributed by atoms with Crippen molar-refractivity contribution in [3.8, 4) is 11.1 Å². The summed E-state index contributed by atoms with van der Waals surface area (Å²) in [4.78, 5) is 12.7. The van der Waals surface area contributed by atoms with Crippen molar-refractivity contribution in [1.82, 2.24) is 24.9 Å². The normalized spacial score (nSPS) is 17.5. The number of nitrogens with zero attached hydrogens (tertiary/aromatic N) is 4. The molecule has 1 amide bonds. The molecule has 2 aromatic carbocycles. The van der Waals surface area contributed by atoms with Crippen LogP contribution >= 0.6 is 0 Å². The molecule has 1 aliphatic rings. The maximum atomic E-state index is 12.7. The molecule has 1 saturated carbocycles. The Labute approximate surface area is 181 Å². The molecular formula is C25H25N5O. The van der Waals surface area contributed by atoms with Gasteiger partial charge in [0.05, 0.1) is 12.7 Å². The second-order valence-electron chi connectivity index (χ2n) is 8.17. The van der Waals surface area contributed by atoms with E-state index in [1.54, 1.807) is 10.9 Å². The number of nitrogens with one attached hydrogen (secondary N) is 1. The third-order valence-electron chi connectivity index (χ3n) is 5.92. The van der Waals surface area contributed by atoms with Gasteiger partial charge in [0.1, 0.15) is 0 Å². The highest BCUT2D eigenvalue weighted by Gasteiger charge is 2.44. The summed E-state index contributed by atoms with van der Waals surface area (Å²) in [6.45, 7) is 1.28. The summed E-state index contributed by atoms with van der Waals surface area (Å²) in [5, 5.41) is 11.6. The fourth-order valence-electron chi connectivity index (χ4n) is 4.13. The van der Waals surface area contributed by atoms with Crippen LogP contribution in [0.25, 0.3) is 11.1 Å². The predicted molar refractivity (Wildman–Crippen MR) is 119 cm³/mol. The highest BCUT2D eigenvalue weighted by Crippen LogP contribution is 2.47. The number of carbonyl (C=O) groups is 1. The minimum absolute atomic E-state index is 0.0536. The zero-order valence-corrected chi connectivity index (χ0v) is 17.5. The van der Waals surface area contributed by atoms with Crippen LogP contribution in [0.2, 0.25) is 0 Å². The first kappa shape index (κ1) is 19.3. The van der Waals surface area contributed by atoms with E-state index in [0.29, 0.717) is 12.5 Å². The van der Waals surface area contributed by atoms with Gasteiger partial charge in [0.15, 0.2) is 0 Å². The first-order valence-corrected chi connectivity index (χ1v) is 10.6. The number of aromatic nitrogens is 4. The van der Waals surface area contributed by atoms with E-state index in [0.717, 1.165) is 35.2 Å². The van der Waals surface area contributed by atoms with Crippen LogP contribution in [0.5, 0.6) is 0 Å². The third-order valence-corrected chi connectivity index (χ3v) is 5.92. The predicted octanol–water partition coefficient (Wildman–Crippen LogP) is 3.75. The lowest BCUT2D eigenvalue weighted by molar-refractivity contribution is -0.122. The van der Waals surface area contributed by atoms with Crippen LogP contribution in [0.1, 0.15) is 29.0 Å². The summed E-state index contributed by atoms with van der Waals surface area (Å²) in [7, 11) is 1.90. The zero-order chi connectivity index (χ0) is 21.2. The summed E-state index contributed by atoms with van der Waals surface area (Å²) in [5.41, 5.74) is 5.77. The van der Waals surface area contributed by atoms with Gasteiger partial charge >= 0.3 is 0 Å². The van der Waals surface area contributed by atoms with Crippen molar-refractivity contribution in [2.45, 2.75) is 25.4 Å². The molecule has 0 bridgehead atoms. The molecule has 1 N–H and O–H groups in total. The lowest BCUT2D eigenvalue weighted by Gasteiger charge is -2.12. The standard InChI is InChI=1S/C25H25N5O/c1-29-17-21(15-28-29)23-13-24(23)25(31)26-14-20-5-2-3-6-22(20)19-9-7-18(8-10-19)16-30-12-4-11-27-30/h2-12,15,17,23-24H,13-14,16H2,1H3,(H,26,31). The van der Waals surface area contributed by atoms with Gasteiger partial charge in [-0.05, 0) is 46.2 Å². The van der Waals surface area contributed by atoms with Crippen LogP contribution in [0.4, 0.5) is 0 Å². The molecule has 5 rings (SSSR count). The number of carbonyl (C=O) groups excluding carboxylic acids is 1. The van der Waals surface area contributed by atoms with Crippen molar-refractivity contribution >= 4 is 5.91 Å². The minimum Gasteiger partial charge on any atom is -0.352 e. The second-order valence-corrected chi connectivity index (χ2v) is 8.17. The van der Waals surface area contributed by atoms with E-state index in [1.165, 1.54) is 5.56 Å². The second kappa shape index (κ2) is 8.22. The molecule has 6 heteroatoms. The fourth-order valence-corrected chi connectivity index (χ4v) is 4.13. The van der Waals surface area contributed by atoms with E-state index >= 15 is 0 Å². The van der Waals surface area contributed by atoms with Crippen LogP contribution in [-0.2, 0) is 24.9 Å². The molecule has 0 saturated heterocycles. The SMILES string of the molecule is Cn1cc(C2CC2C(=O)NCc2ccccc2-c2ccc(Cn3cccn3)cc2)cn1. The molecule has 31 heavy (non-hydrogen) atoms. The number of hydrogen-bond donors (Lipinski definition) is 1. The van der Waals surface area contributed by atoms with E-state index in [4.69, 9.17) is 0 Å². The number of benzene rings is 2. The quantitative estimate of drug-likeness (QED) is 0.504. The number of hydrogen-bond acceptors (Lipinski definition) is 3. The van der Waals surface area contributed by atoms with Crippen LogP contribution in [-0.4, -0.2) is 25.5 Å². The molecule has 0 radical (unpaired) electrons. The molecular weight excluding hydrogens is 386 g/mol. The largest absolute Gasteiger partial charge is 0.352 e. The third kappa shape index (κ3) is 4.28. The summed E-state index contributed by atoms with van der Waals surface area (Å²) in [6.07, 6.45) is 8.52. The molecule has 6 nitrogen and oxygen atoms in total. The zero-order valence-electron chi connectivity index (χ0n) is 17.5. The summed E-state index contributed by atoms with van der Waals surface area (Å²) in [6, 6.07) is 18.7. The van der Waals surface area contributed by atoms with Gasteiger partial charge in [0, 0.05) is 38.1 Å². The maximum Gasteiger partial charge on any atom is 0.224 e. The molecule has 0 spiro atoms. The molecule has 2 heterocycles. The summed E-state index contributed by atoms with van der Waals surface area (Å²) < 4.78 is 3.70. The van der Waals surface area contributed by atoms with Gasteiger partial charge in [-0.25, -0.2) is 0 Å². The molecule has 1 aliphatic carbocycles. The van der Waals surface area contributed by atoms with Crippen molar-refractivity contribution in [2.75, 3.05) is 0 Å². The van der Waals surface area contributed by atoms with Gasteiger partial charge in [0.2, 0.25) is 5.91 Å². The van der Waals surface area contributed by atoms with Crippen LogP contribution in [0.15, 0.2) is 79.4 Å². The molecule has 2 unspecified atom stereocenters. The Kier molecular flexibility index (Phi) is 5.12. The Morgan fingerprint density at radius 3 is 2.68 bits per heavy atom. The average Bonchev–Trinajstić information content (AvgIpc) is 3.19. The first-order chi connectivity index (χ1) is 15.2. The molecule has 0 aliphatic heterocycles. The van der Waals surface area contributed by atoms with Gasteiger partial charge < -0.3 is 5.32 Å². The molecule has 4 aromatic rings. The van der Waals surface area contributed by atoms with Gasteiger partial charge in [-0.15, -0.1) is 0 Å². The van der Waals surface area contributed by atoms with E-state index in [-0.39, 0.29) is 11.8 Å². The summed E-state index contributed by atoms with van der Waals surface area (Å²) >= 11 is 0. The number of aryl methyl sites for hydroxylation is 1. The van der Waals surface area contributed by atoms with Crippen LogP contribution in [0, 0.1) is 5.92 Å². The van der Waals surface area contributed by atoms with Crippen molar-refractivity contribution < 1.29 is 4.79 Å². The maximum absolute atomic E-state index is 12.7. The van der Waals surface area contributed by atoms with Gasteiger partial charge in [-0.1, -0.05) is 48.5 Å². The Hall–Kier alpha value is -3.67. The van der Waals surface area contributed by atoms with Gasteiger partial charge in [0.25, 0.3) is 0 Å². The van der Waals surface area contributed by atoms with Crippen molar-refractivity contribution in [3.05, 3.63) is 96.1 Å². The molecule has 2 aromatic heterocycles. The topological polar surface area (TPSA) is 64.7 Å². The van der Waals surface area contributed by atoms with E-state index in [9.17, 15) is 4.79 Å². The van der Waals surface area contributed by atoms with Gasteiger partial charge in [-0.2, -0.15) is 10.2 Å². The number of rotatable bonds is 7. The molecule has 2 atom stereocenters. The Morgan fingerprint density at radius 2 is 1.94 bits per heavy atom. The van der Waals surface area contributed by atoms with Crippen molar-refractivity contribution in [1.29, 1.82) is 0 Å². The highest BCUT2D eigenvalue weighted by atomic mass is 16.2. The lowest BCUT2D eigenvalue weighted by Crippen LogP contribution is -2.25. The van der Waals surface area contributed by atoms with Crippen molar-refractivity contribution in [3.63, 3.8) is 0 Å². The van der Waals surface area contributed by atoms with E-state index in [2.05, 4.69) is 51.9 Å². The molecule has 1 fully saturated rings. The average molecular weight is 412 g/mol.